The van der Waals surface area contributed by atoms with Crippen LogP contribution in [0.4, 0.5) is 15.8 Å². The van der Waals surface area contributed by atoms with Gasteiger partial charge in [-0.25, -0.2) is 4.39 Å². The van der Waals surface area contributed by atoms with Gasteiger partial charge in [-0.15, -0.1) is 0 Å². The number of thiocarbonyl (C=S) groups is 1. The maximum absolute atomic E-state index is 13.0. The third-order valence-electron chi connectivity index (χ3n) is 2.64. The number of rotatable bonds is 2. The van der Waals surface area contributed by atoms with E-state index in [0.29, 0.717) is 20.8 Å². The van der Waals surface area contributed by atoms with Crippen molar-refractivity contribution >= 4 is 51.9 Å². The van der Waals surface area contributed by atoms with Gasteiger partial charge in [-0.05, 0) is 55.0 Å². The lowest BCUT2D eigenvalue weighted by molar-refractivity contribution is 0.627. The molecule has 6 heteroatoms. The lowest BCUT2D eigenvalue weighted by Gasteiger charge is -2.13. The number of benzene rings is 2. The molecule has 0 aliphatic rings. The first-order valence-electron chi connectivity index (χ1n) is 5.75. The molecule has 0 spiro atoms. The van der Waals surface area contributed by atoms with Crippen LogP contribution in [0.2, 0.25) is 10.0 Å². The fraction of sp³-hybridized carbons (Fsp3) is 0.0714. The molecule has 0 atom stereocenters. The number of hydrogen-bond acceptors (Lipinski definition) is 1. The molecule has 0 bridgehead atoms. The minimum atomic E-state index is -0.287. The molecule has 0 amide bonds. The van der Waals surface area contributed by atoms with Gasteiger partial charge in [0.2, 0.25) is 0 Å². The van der Waals surface area contributed by atoms with E-state index in [0.717, 1.165) is 11.3 Å². The Balaban J connectivity index is 2.11. The molecule has 0 saturated heterocycles. The van der Waals surface area contributed by atoms with Crippen molar-refractivity contribution in [1.82, 2.24) is 0 Å². The van der Waals surface area contributed by atoms with E-state index in [1.54, 1.807) is 31.2 Å². The van der Waals surface area contributed by atoms with E-state index in [1.807, 2.05) is 0 Å². The van der Waals surface area contributed by atoms with Crippen molar-refractivity contribution < 1.29 is 4.39 Å². The molecule has 2 aromatic rings. The minimum Gasteiger partial charge on any atom is -0.332 e. The van der Waals surface area contributed by atoms with Crippen LogP contribution in [0.3, 0.4) is 0 Å². The SMILES string of the molecule is Cc1cc(F)ccc1NC(=S)Nc1cccc(Cl)c1Cl. The highest BCUT2D eigenvalue weighted by molar-refractivity contribution is 7.80. The first-order valence-corrected chi connectivity index (χ1v) is 6.92. The Kier molecular flexibility index (Phi) is 4.81. The maximum Gasteiger partial charge on any atom is 0.175 e. The van der Waals surface area contributed by atoms with Crippen molar-refractivity contribution in [1.29, 1.82) is 0 Å². The largest absolute Gasteiger partial charge is 0.332 e. The summed E-state index contributed by atoms with van der Waals surface area (Å²) in [6.07, 6.45) is 0. The molecule has 104 valence electrons. The van der Waals surface area contributed by atoms with E-state index in [1.165, 1.54) is 12.1 Å². The van der Waals surface area contributed by atoms with Gasteiger partial charge in [0, 0.05) is 5.69 Å². The van der Waals surface area contributed by atoms with Crippen LogP contribution in [-0.2, 0) is 0 Å². The van der Waals surface area contributed by atoms with Crippen LogP contribution < -0.4 is 10.6 Å². The summed E-state index contributed by atoms with van der Waals surface area (Å²) >= 11 is 17.2. The zero-order chi connectivity index (χ0) is 14.7. The molecule has 0 unspecified atom stereocenters. The average Bonchev–Trinajstić information content (AvgIpc) is 2.38. The molecule has 0 heterocycles. The lowest BCUT2D eigenvalue weighted by Crippen LogP contribution is -2.19. The summed E-state index contributed by atoms with van der Waals surface area (Å²) < 4.78 is 13.0. The monoisotopic (exact) mass is 328 g/mol. The van der Waals surface area contributed by atoms with Crippen molar-refractivity contribution in [3.63, 3.8) is 0 Å². The first-order chi connectivity index (χ1) is 9.47. The summed E-state index contributed by atoms with van der Waals surface area (Å²) in [5.74, 6) is -0.287. The van der Waals surface area contributed by atoms with E-state index in [2.05, 4.69) is 10.6 Å². The van der Waals surface area contributed by atoms with Crippen molar-refractivity contribution in [2.45, 2.75) is 6.92 Å². The van der Waals surface area contributed by atoms with E-state index in [4.69, 9.17) is 35.4 Å². The van der Waals surface area contributed by atoms with Gasteiger partial charge in [0.15, 0.2) is 5.11 Å². The predicted octanol–water partition coefficient (Wildman–Crippen LogP) is 5.25. The van der Waals surface area contributed by atoms with Crippen molar-refractivity contribution in [3.05, 3.63) is 57.8 Å². The molecular weight excluding hydrogens is 318 g/mol. The summed E-state index contributed by atoms with van der Waals surface area (Å²) in [5.41, 5.74) is 2.09. The molecule has 2 N–H and O–H groups in total. The molecule has 2 aromatic carbocycles. The van der Waals surface area contributed by atoms with Crippen LogP contribution >= 0.6 is 35.4 Å². The zero-order valence-corrected chi connectivity index (χ0v) is 12.8. The van der Waals surface area contributed by atoms with Crippen LogP contribution in [0.1, 0.15) is 5.56 Å². The number of nitrogens with one attached hydrogen (secondary N) is 2. The molecule has 0 saturated carbocycles. The molecule has 2 rings (SSSR count). The van der Waals surface area contributed by atoms with Crippen molar-refractivity contribution in [2.24, 2.45) is 0 Å². The topological polar surface area (TPSA) is 24.1 Å². The molecule has 20 heavy (non-hydrogen) atoms. The van der Waals surface area contributed by atoms with Crippen LogP contribution in [0.15, 0.2) is 36.4 Å². The minimum absolute atomic E-state index is 0.287. The van der Waals surface area contributed by atoms with E-state index < -0.39 is 0 Å². The Morgan fingerprint density at radius 3 is 2.50 bits per heavy atom. The number of hydrogen-bond donors (Lipinski definition) is 2. The van der Waals surface area contributed by atoms with Crippen LogP contribution in [0.5, 0.6) is 0 Å². The van der Waals surface area contributed by atoms with Crippen LogP contribution in [0, 0.1) is 12.7 Å². The highest BCUT2D eigenvalue weighted by atomic mass is 35.5. The number of halogens is 3. The van der Waals surface area contributed by atoms with Gasteiger partial charge in [0.05, 0.1) is 15.7 Å². The van der Waals surface area contributed by atoms with Gasteiger partial charge in [0.1, 0.15) is 5.82 Å². The fourth-order valence-corrected chi connectivity index (χ4v) is 2.21. The van der Waals surface area contributed by atoms with Crippen LogP contribution in [-0.4, -0.2) is 5.11 Å². The third kappa shape index (κ3) is 3.60. The molecule has 0 aliphatic carbocycles. The Hall–Kier alpha value is -1.36. The normalized spacial score (nSPS) is 10.2. The molecular formula is C14H11Cl2FN2S. The van der Waals surface area contributed by atoms with Gasteiger partial charge in [-0.3, -0.25) is 0 Å². The predicted molar refractivity (Wildman–Crippen MR) is 87.4 cm³/mol. The Labute approximate surface area is 131 Å². The maximum atomic E-state index is 13.0. The van der Waals surface area contributed by atoms with E-state index in [9.17, 15) is 4.39 Å². The number of anilines is 2. The lowest BCUT2D eigenvalue weighted by atomic mass is 10.2. The van der Waals surface area contributed by atoms with Gasteiger partial charge in [-0.1, -0.05) is 29.3 Å². The van der Waals surface area contributed by atoms with Gasteiger partial charge in [0.25, 0.3) is 0 Å². The Bertz CT molecular complexity index is 662. The second-order valence-corrected chi connectivity index (χ2v) is 5.33. The Morgan fingerprint density at radius 1 is 1.10 bits per heavy atom. The molecule has 2 nitrogen and oxygen atoms in total. The summed E-state index contributed by atoms with van der Waals surface area (Å²) in [7, 11) is 0. The summed E-state index contributed by atoms with van der Waals surface area (Å²) in [4.78, 5) is 0. The molecule has 0 aliphatic heterocycles. The van der Waals surface area contributed by atoms with Crippen molar-refractivity contribution in [2.75, 3.05) is 10.6 Å². The first kappa shape index (κ1) is 15.0. The van der Waals surface area contributed by atoms with Gasteiger partial charge >= 0.3 is 0 Å². The third-order valence-corrected chi connectivity index (χ3v) is 3.66. The molecule has 0 fully saturated rings. The van der Waals surface area contributed by atoms with E-state index in [-0.39, 0.29) is 5.82 Å². The van der Waals surface area contributed by atoms with Gasteiger partial charge in [-0.2, -0.15) is 0 Å². The average molecular weight is 329 g/mol. The fourth-order valence-electron chi connectivity index (χ4n) is 1.64. The summed E-state index contributed by atoms with van der Waals surface area (Å²) in [6, 6.07) is 9.64. The highest BCUT2D eigenvalue weighted by Gasteiger charge is 2.07. The highest BCUT2D eigenvalue weighted by Crippen LogP contribution is 2.29. The molecule has 0 radical (unpaired) electrons. The second kappa shape index (κ2) is 6.39. The standard InChI is InChI=1S/C14H11Cl2FN2S/c1-8-7-9(17)5-6-11(8)18-14(20)19-12-4-2-3-10(15)13(12)16/h2-7H,1H3,(H2,18,19,20). The zero-order valence-electron chi connectivity index (χ0n) is 10.5. The smallest absolute Gasteiger partial charge is 0.175 e. The van der Waals surface area contributed by atoms with Crippen molar-refractivity contribution in [3.8, 4) is 0 Å². The van der Waals surface area contributed by atoms with E-state index >= 15 is 0 Å². The van der Waals surface area contributed by atoms with Crippen LogP contribution in [0.25, 0.3) is 0 Å². The second-order valence-electron chi connectivity index (χ2n) is 4.14. The molecule has 0 aromatic heterocycles. The van der Waals surface area contributed by atoms with Gasteiger partial charge < -0.3 is 10.6 Å². The number of aryl methyl sites for hydroxylation is 1. The quantitative estimate of drug-likeness (QED) is 0.736. The summed E-state index contributed by atoms with van der Waals surface area (Å²) in [6.45, 7) is 1.79. The Morgan fingerprint density at radius 2 is 1.80 bits per heavy atom. The summed E-state index contributed by atoms with van der Waals surface area (Å²) in [5, 5.41) is 7.13.